The van der Waals surface area contributed by atoms with Crippen LogP contribution in [0.4, 0.5) is 11.4 Å². The summed E-state index contributed by atoms with van der Waals surface area (Å²) in [5.74, 6) is -0.246. The van der Waals surface area contributed by atoms with Crippen LogP contribution in [0.15, 0.2) is 72.8 Å². The molecule has 1 amide bonds. The maximum atomic E-state index is 13.4. The number of amides is 1. The molecule has 176 valence electrons. The predicted octanol–water partition coefficient (Wildman–Crippen LogP) is 4.56. The molecule has 4 rings (SSSR count). The lowest BCUT2D eigenvalue weighted by Crippen LogP contribution is -2.48. The van der Waals surface area contributed by atoms with E-state index in [4.69, 9.17) is 4.74 Å². The number of carbonyl (C=O) groups is 2. The van der Waals surface area contributed by atoms with Crippen LogP contribution in [0.5, 0.6) is 0 Å². The van der Waals surface area contributed by atoms with Gasteiger partial charge in [-0.05, 0) is 60.5 Å². The lowest BCUT2D eigenvalue weighted by Gasteiger charge is -2.36. The Labute approximate surface area is 201 Å². The van der Waals surface area contributed by atoms with Gasteiger partial charge in [-0.2, -0.15) is 0 Å². The minimum atomic E-state index is -0.306. The van der Waals surface area contributed by atoms with E-state index in [0.29, 0.717) is 25.3 Å². The van der Waals surface area contributed by atoms with Crippen LogP contribution in [-0.4, -0.2) is 63.7 Å². The fourth-order valence-electron chi connectivity index (χ4n) is 4.22. The van der Waals surface area contributed by atoms with Crippen molar-refractivity contribution in [3.63, 3.8) is 0 Å². The molecule has 6 heteroatoms. The number of hydrogen-bond acceptors (Lipinski definition) is 5. The Hall–Kier alpha value is -3.80. The molecule has 6 nitrogen and oxygen atoms in total. The zero-order chi connectivity index (χ0) is 24.1. The number of esters is 1. The first-order valence-corrected chi connectivity index (χ1v) is 11.7. The maximum absolute atomic E-state index is 13.4. The Balaban J connectivity index is 1.44. The number of hydrogen-bond donors (Lipinski definition) is 0. The van der Waals surface area contributed by atoms with Crippen LogP contribution in [-0.2, 0) is 4.74 Å². The average Bonchev–Trinajstić information content (AvgIpc) is 2.88. The summed E-state index contributed by atoms with van der Waals surface area (Å²) in [6.07, 6.45) is 0. The first-order chi connectivity index (χ1) is 16.5. The third kappa shape index (κ3) is 5.06. The van der Waals surface area contributed by atoms with E-state index in [-0.39, 0.29) is 11.9 Å². The average molecular weight is 458 g/mol. The molecule has 3 aromatic rings. The summed E-state index contributed by atoms with van der Waals surface area (Å²) in [5.41, 5.74) is 5.44. The molecular formula is C28H31N3O3. The first-order valence-electron chi connectivity index (χ1n) is 11.7. The van der Waals surface area contributed by atoms with E-state index in [1.54, 1.807) is 19.1 Å². The highest BCUT2D eigenvalue weighted by atomic mass is 16.5. The molecule has 0 atom stereocenters. The molecule has 0 spiro atoms. The molecule has 1 fully saturated rings. The van der Waals surface area contributed by atoms with Crippen molar-refractivity contribution in [2.24, 2.45) is 0 Å². The molecule has 34 heavy (non-hydrogen) atoms. The van der Waals surface area contributed by atoms with Gasteiger partial charge in [-0.25, -0.2) is 4.79 Å². The number of anilines is 2. The van der Waals surface area contributed by atoms with Gasteiger partial charge in [0.25, 0.3) is 5.91 Å². The van der Waals surface area contributed by atoms with Crippen LogP contribution in [0.25, 0.3) is 11.1 Å². The first kappa shape index (κ1) is 23.4. The van der Waals surface area contributed by atoms with Crippen LogP contribution in [0.2, 0.25) is 0 Å². The molecule has 1 saturated heterocycles. The largest absolute Gasteiger partial charge is 0.462 e. The fourth-order valence-corrected chi connectivity index (χ4v) is 4.22. The zero-order valence-corrected chi connectivity index (χ0v) is 20.0. The molecule has 1 heterocycles. The van der Waals surface area contributed by atoms with Gasteiger partial charge in [0.2, 0.25) is 0 Å². The molecule has 0 radical (unpaired) electrons. The number of nitrogens with zero attached hydrogens (tertiary/aromatic N) is 3. The number of ether oxygens (including phenoxy) is 1. The Morgan fingerprint density at radius 3 is 2.12 bits per heavy atom. The summed E-state index contributed by atoms with van der Waals surface area (Å²) in [6, 6.07) is 23.6. The van der Waals surface area contributed by atoms with Crippen molar-refractivity contribution in [3.05, 3.63) is 83.9 Å². The molecule has 1 aliphatic rings. The van der Waals surface area contributed by atoms with Crippen LogP contribution in [0.3, 0.4) is 0 Å². The summed E-state index contributed by atoms with van der Waals surface area (Å²) >= 11 is 0. The molecule has 0 saturated carbocycles. The summed E-state index contributed by atoms with van der Waals surface area (Å²) < 4.78 is 5.05. The van der Waals surface area contributed by atoms with E-state index in [0.717, 1.165) is 41.2 Å². The van der Waals surface area contributed by atoms with E-state index in [1.807, 2.05) is 55.4 Å². The van der Waals surface area contributed by atoms with Crippen LogP contribution in [0.1, 0.15) is 27.6 Å². The molecule has 0 unspecified atom stereocenters. The van der Waals surface area contributed by atoms with Gasteiger partial charge in [0.15, 0.2) is 0 Å². The van der Waals surface area contributed by atoms with Crippen molar-refractivity contribution in [1.29, 1.82) is 0 Å². The third-order valence-corrected chi connectivity index (χ3v) is 6.16. The van der Waals surface area contributed by atoms with Crippen molar-refractivity contribution in [2.45, 2.75) is 6.92 Å². The van der Waals surface area contributed by atoms with Gasteiger partial charge in [-0.1, -0.05) is 30.3 Å². The second kappa shape index (κ2) is 10.4. The van der Waals surface area contributed by atoms with E-state index in [9.17, 15) is 9.59 Å². The number of rotatable bonds is 6. The number of benzene rings is 3. The minimum absolute atomic E-state index is 0.0598. The number of carbonyl (C=O) groups excluding carboxylic acids is 2. The lowest BCUT2D eigenvalue weighted by molar-refractivity contribution is 0.0526. The molecule has 0 N–H and O–H groups in total. The SMILES string of the molecule is CCOC(=O)c1ccc(N2CCN(C(=O)c3ccccc3-c3ccc(N(C)C)cc3)CC2)cc1. The van der Waals surface area contributed by atoms with Crippen molar-refractivity contribution < 1.29 is 14.3 Å². The molecule has 1 aliphatic heterocycles. The molecule has 0 aliphatic carbocycles. The van der Waals surface area contributed by atoms with E-state index >= 15 is 0 Å². The quantitative estimate of drug-likeness (QED) is 0.508. The second-order valence-corrected chi connectivity index (χ2v) is 8.53. The van der Waals surface area contributed by atoms with Gasteiger partial charge < -0.3 is 19.4 Å². The summed E-state index contributed by atoms with van der Waals surface area (Å²) in [4.78, 5) is 31.5. The Morgan fingerprint density at radius 1 is 0.853 bits per heavy atom. The highest BCUT2D eigenvalue weighted by Gasteiger charge is 2.24. The monoisotopic (exact) mass is 457 g/mol. The lowest BCUT2D eigenvalue weighted by atomic mass is 9.98. The van der Waals surface area contributed by atoms with E-state index < -0.39 is 0 Å². The summed E-state index contributed by atoms with van der Waals surface area (Å²) in [7, 11) is 4.03. The van der Waals surface area contributed by atoms with Crippen LogP contribution < -0.4 is 9.80 Å². The molecular weight excluding hydrogens is 426 g/mol. The van der Waals surface area contributed by atoms with E-state index in [2.05, 4.69) is 34.1 Å². The fraction of sp³-hybridized carbons (Fsp3) is 0.286. The highest BCUT2D eigenvalue weighted by molar-refractivity contribution is 6.01. The van der Waals surface area contributed by atoms with Gasteiger partial charge in [0.1, 0.15) is 0 Å². The van der Waals surface area contributed by atoms with Gasteiger partial charge >= 0.3 is 5.97 Å². The van der Waals surface area contributed by atoms with Gasteiger partial charge in [0, 0.05) is 57.2 Å². The van der Waals surface area contributed by atoms with Crippen molar-refractivity contribution >= 4 is 23.3 Å². The van der Waals surface area contributed by atoms with Crippen molar-refractivity contribution in [1.82, 2.24) is 4.90 Å². The van der Waals surface area contributed by atoms with Gasteiger partial charge in [-0.3, -0.25) is 4.79 Å². The highest BCUT2D eigenvalue weighted by Crippen LogP contribution is 2.27. The maximum Gasteiger partial charge on any atom is 0.338 e. The Kier molecular flexibility index (Phi) is 7.16. The predicted molar refractivity (Wildman–Crippen MR) is 137 cm³/mol. The summed E-state index contributed by atoms with van der Waals surface area (Å²) in [5, 5.41) is 0. The van der Waals surface area contributed by atoms with Crippen LogP contribution in [0, 0.1) is 0 Å². The van der Waals surface area contributed by atoms with Crippen LogP contribution >= 0.6 is 0 Å². The third-order valence-electron chi connectivity index (χ3n) is 6.16. The van der Waals surface area contributed by atoms with Gasteiger partial charge in [-0.15, -0.1) is 0 Å². The molecule has 0 aromatic heterocycles. The Morgan fingerprint density at radius 2 is 1.50 bits per heavy atom. The smallest absolute Gasteiger partial charge is 0.338 e. The van der Waals surface area contributed by atoms with Crippen molar-refractivity contribution in [3.8, 4) is 11.1 Å². The second-order valence-electron chi connectivity index (χ2n) is 8.53. The molecule has 0 bridgehead atoms. The number of piperazine rings is 1. The summed E-state index contributed by atoms with van der Waals surface area (Å²) in [6.45, 7) is 4.93. The van der Waals surface area contributed by atoms with Gasteiger partial charge in [0.05, 0.1) is 12.2 Å². The van der Waals surface area contributed by atoms with Crippen molar-refractivity contribution in [2.75, 3.05) is 56.7 Å². The normalized spacial score (nSPS) is 13.5. The minimum Gasteiger partial charge on any atom is -0.462 e. The van der Waals surface area contributed by atoms with E-state index in [1.165, 1.54) is 0 Å². The Bertz CT molecular complexity index is 1130. The zero-order valence-electron chi connectivity index (χ0n) is 20.0. The molecule has 3 aromatic carbocycles. The standard InChI is InChI=1S/C28H31N3O3/c1-4-34-28(33)22-11-15-24(16-12-22)30-17-19-31(20-18-30)27(32)26-8-6-5-7-25(26)21-9-13-23(14-10-21)29(2)3/h5-16H,4,17-20H2,1-3H3. The topological polar surface area (TPSA) is 53.1 Å².